The van der Waals surface area contributed by atoms with Gasteiger partial charge in [0.1, 0.15) is 17.5 Å². The number of anilines is 2. The van der Waals surface area contributed by atoms with Crippen LogP contribution < -0.4 is 10.6 Å². The van der Waals surface area contributed by atoms with Crippen LogP contribution in [0.4, 0.5) is 11.6 Å². The zero-order chi connectivity index (χ0) is 11.3. The smallest absolute Gasteiger partial charge is 0.233 e. The minimum atomic E-state index is -0.287. The molecule has 3 heterocycles. The SMILES string of the molecule is Cc1nc2c3c(n1)NC(=O)C3CCC(=O)N2. The second kappa shape index (κ2) is 3.01. The number of rotatable bonds is 0. The van der Waals surface area contributed by atoms with Gasteiger partial charge in [0.15, 0.2) is 0 Å². The topological polar surface area (TPSA) is 84.0 Å². The number of carbonyl (C=O) groups excluding carboxylic acids is 2. The Morgan fingerprint density at radius 2 is 1.88 bits per heavy atom. The second-order valence-electron chi connectivity index (χ2n) is 4.01. The molecule has 3 rings (SSSR count). The zero-order valence-electron chi connectivity index (χ0n) is 8.70. The molecule has 1 atom stereocenters. The van der Waals surface area contributed by atoms with Gasteiger partial charge in [0.2, 0.25) is 11.8 Å². The summed E-state index contributed by atoms with van der Waals surface area (Å²) < 4.78 is 0. The van der Waals surface area contributed by atoms with Crippen molar-refractivity contribution in [3.8, 4) is 0 Å². The molecule has 1 unspecified atom stereocenters. The van der Waals surface area contributed by atoms with E-state index in [0.717, 1.165) is 5.56 Å². The molecule has 16 heavy (non-hydrogen) atoms. The molecule has 1 aromatic rings. The van der Waals surface area contributed by atoms with Crippen molar-refractivity contribution in [1.29, 1.82) is 0 Å². The molecule has 0 saturated carbocycles. The Kier molecular flexibility index (Phi) is 1.74. The van der Waals surface area contributed by atoms with E-state index in [2.05, 4.69) is 20.6 Å². The predicted molar refractivity (Wildman–Crippen MR) is 56.0 cm³/mol. The summed E-state index contributed by atoms with van der Waals surface area (Å²) in [5, 5.41) is 5.43. The number of nitrogens with one attached hydrogen (secondary N) is 2. The molecule has 0 radical (unpaired) electrons. The van der Waals surface area contributed by atoms with E-state index in [-0.39, 0.29) is 17.7 Å². The number of aromatic nitrogens is 2. The van der Waals surface area contributed by atoms with Crippen LogP contribution in [0.2, 0.25) is 0 Å². The van der Waals surface area contributed by atoms with Crippen LogP contribution in [0.3, 0.4) is 0 Å². The third-order valence-electron chi connectivity index (χ3n) is 2.88. The van der Waals surface area contributed by atoms with Crippen molar-refractivity contribution >= 4 is 23.5 Å². The van der Waals surface area contributed by atoms with Crippen molar-refractivity contribution in [1.82, 2.24) is 9.97 Å². The van der Waals surface area contributed by atoms with Gasteiger partial charge in [0.05, 0.1) is 11.5 Å². The average molecular weight is 218 g/mol. The second-order valence-corrected chi connectivity index (χ2v) is 4.01. The van der Waals surface area contributed by atoms with E-state index in [4.69, 9.17) is 0 Å². The van der Waals surface area contributed by atoms with E-state index in [1.54, 1.807) is 6.92 Å². The van der Waals surface area contributed by atoms with E-state index < -0.39 is 0 Å². The summed E-state index contributed by atoms with van der Waals surface area (Å²) in [5.41, 5.74) is 0.737. The highest BCUT2D eigenvalue weighted by molar-refractivity contribution is 6.06. The summed E-state index contributed by atoms with van der Waals surface area (Å²) in [7, 11) is 0. The van der Waals surface area contributed by atoms with Gasteiger partial charge < -0.3 is 10.6 Å². The van der Waals surface area contributed by atoms with E-state index >= 15 is 0 Å². The molecule has 0 fully saturated rings. The summed E-state index contributed by atoms with van der Waals surface area (Å²) in [4.78, 5) is 31.5. The quantitative estimate of drug-likeness (QED) is 0.666. The molecule has 2 aliphatic rings. The van der Waals surface area contributed by atoms with Gasteiger partial charge in [-0.3, -0.25) is 9.59 Å². The molecule has 2 amide bonds. The van der Waals surface area contributed by atoms with Crippen LogP contribution in [-0.4, -0.2) is 21.8 Å². The van der Waals surface area contributed by atoms with Crippen LogP contribution in [0.15, 0.2) is 0 Å². The van der Waals surface area contributed by atoms with Crippen LogP contribution in [0.25, 0.3) is 0 Å². The molecular weight excluding hydrogens is 208 g/mol. The lowest BCUT2D eigenvalue weighted by atomic mass is 9.98. The first-order valence-electron chi connectivity index (χ1n) is 5.14. The standard InChI is InChI=1S/C10H10N4O2/c1-4-11-8-7-5(2-3-6(15)13-8)10(16)14-9(7)12-4/h5H,2-3H2,1H3,(H2,11,12,13,14,15,16). The highest BCUT2D eigenvalue weighted by Crippen LogP contribution is 2.40. The number of carbonyl (C=O) groups is 2. The Labute approximate surface area is 91.5 Å². The lowest BCUT2D eigenvalue weighted by Gasteiger charge is -2.07. The normalized spacial score (nSPS) is 22.2. The number of hydrogen-bond donors (Lipinski definition) is 2. The Morgan fingerprint density at radius 3 is 2.62 bits per heavy atom. The molecule has 1 aromatic heterocycles. The maximum Gasteiger partial charge on any atom is 0.233 e. The van der Waals surface area contributed by atoms with Gasteiger partial charge in [0.25, 0.3) is 0 Å². The van der Waals surface area contributed by atoms with Crippen molar-refractivity contribution in [3.63, 3.8) is 0 Å². The average Bonchev–Trinajstić information content (AvgIpc) is 2.39. The van der Waals surface area contributed by atoms with Gasteiger partial charge in [-0.1, -0.05) is 0 Å². The zero-order valence-corrected chi connectivity index (χ0v) is 8.70. The molecule has 6 heteroatoms. The Hall–Kier alpha value is -1.98. The molecule has 0 aromatic carbocycles. The number of hydrogen-bond acceptors (Lipinski definition) is 4. The number of nitrogens with zero attached hydrogens (tertiary/aromatic N) is 2. The third kappa shape index (κ3) is 1.19. The molecule has 0 spiro atoms. The Morgan fingerprint density at radius 1 is 1.19 bits per heavy atom. The fourth-order valence-electron chi connectivity index (χ4n) is 2.18. The summed E-state index contributed by atoms with van der Waals surface area (Å²) in [6.07, 6.45) is 0.858. The van der Waals surface area contributed by atoms with Crippen molar-refractivity contribution < 1.29 is 9.59 Å². The Balaban J connectivity index is 2.23. The van der Waals surface area contributed by atoms with Crippen LogP contribution in [0.5, 0.6) is 0 Å². The van der Waals surface area contributed by atoms with E-state index in [1.165, 1.54) is 0 Å². The highest BCUT2D eigenvalue weighted by Gasteiger charge is 2.37. The minimum Gasteiger partial charge on any atom is -0.310 e. The summed E-state index contributed by atoms with van der Waals surface area (Å²) in [6, 6.07) is 0. The summed E-state index contributed by atoms with van der Waals surface area (Å²) in [5.74, 6) is 1.09. The first-order valence-corrected chi connectivity index (χ1v) is 5.14. The van der Waals surface area contributed by atoms with Gasteiger partial charge in [0, 0.05) is 6.42 Å². The minimum absolute atomic E-state index is 0.0901. The molecule has 2 aliphatic heterocycles. The maximum absolute atomic E-state index is 11.7. The molecule has 6 nitrogen and oxygen atoms in total. The van der Waals surface area contributed by atoms with Crippen molar-refractivity contribution in [2.45, 2.75) is 25.7 Å². The fraction of sp³-hybridized carbons (Fsp3) is 0.400. The van der Waals surface area contributed by atoms with Crippen LogP contribution >= 0.6 is 0 Å². The van der Waals surface area contributed by atoms with Gasteiger partial charge in [-0.25, -0.2) is 9.97 Å². The van der Waals surface area contributed by atoms with Gasteiger partial charge >= 0.3 is 0 Å². The first kappa shape index (κ1) is 9.26. The third-order valence-corrected chi connectivity index (χ3v) is 2.88. The molecule has 0 aliphatic carbocycles. The summed E-state index contributed by atoms with van der Waals surface area (Å²) >= 11 is 0. The lowest BCUT2D eigenvalue weighted by molar-refractivity contribution is -0.117. The highest BCUT2D eigenvalue weighted by atomic mass is 16.2. The van der Waals surface area contributed by atoms with Gasteiger partial charge in [-0.15, -0.1) is 0 Å². The van der Waals surface area contributed by atoms with E-state index in [1.807, 2.05) is 0 Å². The van der Waals surface area contributed by atoms with Crippen molar-refractivity contribution in [3.05, 3.63) is 11.4 Å². The van der Waals surface area contributed by atoms with Crippen molar-refractivity contribution in [2.24, 2.45) is 0 Å². The van der Waals surface area contributed by atoms with Crippen LogP contribution in [0.1, 0.15) is 30.1 Å². The van der Waals surface area contributed by atoms with Crippen LogP contribution in [-0.2, 0) is 9.59 Å². The lowest BCUT2D eigenvalue weighted by Crippen LogP contribution is -2.14. The molecule has 0 saturated heterocycles. The fourth-order valence-corrected chi connectivity index (χ4v) is 2.18. The maximum atomic E-state index is 11.7. The first-order chi connectivity index (χ1) is 7.65. The largest absolute Gasteiger partial charge is 0.310 e. The number of amides is 2. The van der Waals surface area contributed by atoms with Gasteiger partial charge in [-0.05, 0) is 13.3 Å². The van der Waals surface area contributed by atoms with Crippen LogP contribution in [0, 0.1) is 6.92 Å². The van der Waals surface area contributed by atoms with E-state index in [0.29, 0.717) is 30.3 Å². The van der Waals surface area contributed by atoms with Gasteiger partial charge in [-0.2, -0.15) is 0 Å². The molecule has 0 bridgehead atoms. The monoisotopic (exact) mass is 218 g/mol. The molecular formula is C10H10N4O2. The van der Waals surface area contributed by atoms with E-state index in [9.17, 15) is 9.59 Å². The predicted octanol–water partition coefficient (Wildman–Crippen LogP) is 0.553. The summed E-state index contributed by atoms with van der Waals surface area (Å²) in [6.45, 7) is 1.73. The molecule has 82 valence electrons. The molecule has 2 N–H and O–H groups in total. The number of aryl methyl sites for hydroxylation is 1. The van der Waals surface area contributed by atoms with Crippen molar-refractivity contribution in [2.75, 3.05) is 10.6 Å². The Bertz CT molecular complexity index is 512.